The Morgan fingerprint density at radius 1 is 0.979 bits per heavy atom. The number of benzene rings is 3. The minimum absolute atomic E-state index is 0.0197. The fraction of sp³-hybridized carbons (Fsp3) is 0.242. The number of fused-ring (bicyclic) bond motifs is 1. The Hall–Kier alpha value is -4.62. The molecule has 244 valence electrons. The summed E-state index contributed by atoms with van der Waals surface area (Å²) in [6.45, 7) is 3.64. The third-order valence-corrected chi connectivity index (χ3v) is 8.33. The van der Waals surface area contributed by atoms with Crippen LogP contribution in [0.3, 0.4) is 0 Å². The van der Waals surface area contributed by atoms with Crippen molar-refractivity contribution in [2.45, 2.75) is 32.9 Å². The van der Waals surface area contributed by atoms with Crippen molar-refractivity contribution in [2.24, 2.45) is 5.41 Å². The predicted molar refractivity (Wildman–Crippen MR) is 158 cm³/mol. The number of nitrogens with zero attached hydrogens (tertiary/aromatic N) is 3. The van der Waals surface area contributed by atoms with Crippen molar-refractivity contribution in [3.63, 3.8) is 0 Å². The Morgan fingerprint density at radius 3 is 2.43 bits per heavy atom. The van der Waals surface area contributed by atoms with Gasteiger partial charge in [-0.15, -0.1) is 0 Å². The van der Waals surface area contributed by atoms with Gasteiger partial charge >= 0.3 is 5.97 Å². The average molecular weight is 676 g/mol. The van der Waals surface area contributed by atoms with Gasteiger partial charge in [0.25, 0.3) is 5.88 Å². The van der Waals surface area contributed by atoms with E-state index >= 15 is 17.6 Å². The Bertz CT molecular complexity index is 2070. The maximum Gasteiger partial charge on any atom is 0.335 e. The summed E-state index contributed by atoms with van der Waals surface area (Å²) in [7, 11) is 0. The zero-order valence-electron chi connectivity index (χ0n) is 24.7. The number of aromatic carboxylic acids is 1. The second kappa shape index (κ2) is 12.2. The van der Waals surface area contributed by atoms with Gasteiger partial charge in [0.15, 0.2) is 23.3 Å². The van der Waals surface area contributed by atoms with Crippen LogP contribution in [-0.4, -0.2) is 38.8 Å². The Morgan fingerprint density at radius 2 is 1.74 bits per heavy atom. The summed E-state index contributed by atoms with van der Waals surface area (Å²) < 4.78 is 103. The van der Waals surface area contributed by atoms with Gasteiger partial charge in [-0.25, -0.2) is 41.1 Å². The molecule has 0 unspecified atom stereocenters. The van der Waals surface area contributed by atoms with Gasteiger partial charge in [-0.05, 0) is 42.5 Å². The lowest BCUT2D eigenvalue weighted by Gasteiger charge is -2.28. The molecule has 0 spiro atoms. The number of carbonyl (C=O) groups is 1. The van der Waals surface area contributed by atoms with E-state index in [2.05, 4.69) is 9.97 Å². The topological polar surface area (TPSA) is 86.5 Å². The number of hydrogen-bond acceptors (Lipinski definition) is 5. The Balaban J connectivity index is 1.38. The molecule has 1 aliphatic heterocycles. The third-order valence-electron chi connectivity index (χ3n) is 8.09. The largest absolute Gasteiger partial charge is 0.478 e. The van der Waals surface area contributed by atoms with Crippen LogP contribution in [0.2, 0.25) is 5.02 Å². The van der Waals surface area contributed by atoms with Gasteiger partial charge in [-0.2, -0.15) is 0 Å². The number of imidazole rings is 1. The highest BCUT2D eigenvalue weighted by Gasteiger charge is 2.40. The number of aromatic nitrogens is 3. The molecule has 3 heterocycles. The molecule has 14 heteroatoms. The summed E-state index contributed by atoms with van der Waals surface area (Å²) in [5.74, 6) is -9.09. The molecule has 1 saturated heterocycles. The van der Waals surface area contributed by atoms with Crippen LogP contribution in [0, 0.1) is 40.3 Å². The van der Waals surface area contributed by atoms with Crippen molar-refractivity contribution < 1.29 is 45.7 Å². The number of carboxylic acids is 1. The van der Waals surface area contributed by atoms with Gasteiger partial charge in [-0.1, -0.05) is 31.5 Å². The maximum atomic E-state index is 15.7. The van der Waals surface area contributed by atoms with E-state index in [0.717, 1.165) is 24.3 Å². The van der Waals surface area contributed by atoms with Crippen LogP contribution >= 0.6 is 11.6 Å². The highest BCUT2D eigenvalue weighted by Crippen LogP contribution is 2.41. The second-order valence-corrected chi connectivity index (χ2v) is 12.2. The van der Waals surface area contributed by atoms with Crippen LogP contribution in [0.1, 0.15) is 47.2 Å². The number of hydrogen-bond donors (Lipinski definition) is 1. The van der Waals surface area contributed by atoms with Crippen LogP contribution in [0.25, 0.3) is 22.3 Å². The molecular weight excluding hydrogens is 652 g/mol. The molecule has 0 saturated carbocycles. The lowest BCUT2D eigenvalue weighted by atomic mass is 9.87. The van der Waals surface area contributed by atoms with Crippen LogP contribution < -0.4 is 4.74 Å². The van der Waals surface area contributed by atoms with Crippen LogP contribution in [0.4, 0.5) is 26.3 Å². The summed E-state index contributed by atoms with van der Waals surface area (Å²) in [5.41, 5.74) is -2.84. The first-order chi connectivity index (χ1) is 22.2. The van der Waals surface area contributed by atoms with E-state index in [1.54, 1.807) is 0 Å². The summed E-state index contributed by atoms with van der Waals surface area (Å²) >= 11 is 5.74. The van der Waals surface area contributed by atoms with Gasteiger partial charge in [0.1, 0.15) is 29.6 Å². The second-order valence-electron chi connectivity index (χ2n) is 11.7. The van der Waals surface area contributed by atoms with Crippen molar-refractivity contribution in [3.05, 3.63) is 111 Å². The molecule has 5 aromatic rings. The fourth-order valence-corrected chi connectivity index (χ4v) is 5.73. The zero-order valence-corrected chi connectivity index (χ0v) is 25.4. The third kappa shape index (κ3) is 6.00. The minimum Gasteiger partial charge on any atom is -0.478 e. The van der Waals surface area contributed by atoms with E-state index in [-0.39, 0.29) is 51.9 Å². The number of halogens is 7. The van der Waals surface area contributed by atoms with Crippen LogP contribution in [0.15, 0.2) is 48.5 Å². The van der Waals surface area contributed by atoms with Crippen molar-refractivity contribution in [2.75, 3.05) is 13.2 Å². The Labute approximate surface area is 268 Å². The van der Waals surface area contributed by atoms with Crippen LogP contribution in [0.5, 0.6) is 5.88 Å². The molecule has 2 aromatic heterocycles. The van der Waals surface area contributed by atoms with E-state index < -0.39 is 82.4 Å². The molecule has 1 fully saturated rings. The van der Waals surface area contributed by atoms with Gasteiger partial charge in [0, 0.05) is 33.5 Å². The molecule has 3 aromatic carbocycles. The molecule has 7 nitrogen and oxygen atoms in total. The first-order valence-electron chi connectivity index (χ1n) is 14.2. The zero-order chi connectivity index (χ0) is 33.8. The summed E-state index contributed by atoms with van der Waals surface area (Å²) in [4.78, 5) is 19.8. The summed E-state index contributed by atoms with van der Waals surface area (Å²) in [5, 5.41) is 9.65. The van der Waals surface area contributed by atoms with Crippen molar-refractivity contribution in [1.29, 1.82) is 0 Å². The van der Waals surface area contributed by atoms with E-state index in [4.69, 9.17) is 21.1 Å². The predicted octanol–water partition coefficient (Wildman–Crippen LogP) is 8.05. The van der Waals surface area contributed by atoms with Crippen molar-refractivity contribution >= 4 is 28.6 Å². The number of pyridine rings is 1. The molecule has 0 bridgehead atoms. The molecule has 47 heavy (non-hydrogen) atoms. The molecule has 0 radical (unpaired) electrons. The molecule has 6 rings (SSSR count). The van der Waals surface area contributed by atoms with Gasteiger partial charge in [0.05, 0.1) is 36.0 Å². The normalized spacial score (nSPS) is 15.8. The average Bonchev–Trinajstić information content (AvgIpc) is 3.55. The standard InChI is InChI=1S/C33H24ClF6N3O4/c1-33(2)14-46-13-26(33)43-25-8-16(32(44)45)7-23(38)30(25)42-27(43)11-18-22(37)10-19(29(40)28(18)39)24-6-5-20(35)31(41-24)47-12-15-3-4-17(34)9-21(15)36/h3-10,26H,11-14H2,1-2H3,(H,44,45)/t26-/m1/s1. The first-order valence-corrected chi connectivity index (χ1v) is 14.5. The Kier molecular flexibility index (Phi) is 8.39. The molecule has 0 aliphatic carbocycles. The number of rotatable bonds is 8. The molecule has 1 aliphatic rings. The molecule has 1 N–H and O–H groups in total. The summed E-state index contributed by atoms with van der Waals surface area (Å²) in [6, 6.07) is 7.73. The van der Waals surface area contributed by atoms with E-state index in [1.165, 1.54) is 22.8 Å². The van der Waals surface area contributed by atoms with E-state index in [0.29, 0.717) is 6.07 Å². The lowest BCUT2D eigenvalue weighted by molar-refractivity contribution is 0.0696. The molecular formula is C33H24ClF6N3O4. The smallest absolute Gasteiger partial charge is 0.335 e. The van der Waals surface area contributed by atoms with Gasteiger partial charge < -0.3 is 19.1 Å². The summed E-state index contributed by atoms with van der Waals surface area (Å²) in [6.07, 6.45) is -0.643. The molecule has 1 atom stereocenters. The van der Waals surface area contributed by atoms with Gasteiger partial charge in [0.2, 0.25) is 0 Å². The van der Waals surface area contributed by atoms with Crippen LogP contribution in [-0.2, 0) is 17.8 Å². The SMILES string of the molecule is CC1(C)COC[C@H]1n1c(Cc2c(F)cc(-c3ccc(F)c(OCc4ccc(Cl)cc4F)n3)c(F)c2F)nc2c(F)cc(C(=O)O)cc21. The fourth-order valence-electron chi connectivity index (χ4n) is 5.58. The van der Waals surface area contributed by atoms with E-state index in [1.807, 2.05) is 13.8 Å². The number of carboxylic acid groups (broad SMARTS) is 1. The van der Waals surface area contributed by atoms with Crippen molar-refractivity contribution in [1.82, 2.24) is 14.5 Å². The maximum absolute atomic E-state index is 15.7. The number of ether oxygens (including phenoxy) is 2. The van der Waals surface area contributed by atoms with Gasteiger partial charge in [-0.3, -0.25) is 0 Å². The first kappa shape index (κ1) is 32.3. The van der Waals surface area contributed by atoms with Crippen molar-refractivity contribution in [3.8, 4) is 17.1 Å². The molecule has 0 amide bonds. The highest BCUT2D eigenvalue weighted by molar-refractivity contribution is 6.30. The van der Waals surface area contributed by atoms with E-state index in [9.17, 15) is 18.7 Å². The minimum atomic E-state index is -1.59. The highest BCUT2D eigenvalue weighted by atomic mass is 35.5. The lowest BCUT2D eigenvalue weighted by Crippen LogP contribution is -2.27. The monoisotopic (exact) mass is 675 g/mol. The quantitative estimate of drug-likeness (QED) is 0.132.